The highest BCUT2D eigenvalue weighted by molar-refractivity contribution is 7.89. The fourth-order valence-electron chi connectivity index (χ4n) is 4.15. The van der Waals surface area contributed by atoms with E-state index >= 15 is 0 Å². The topological polar surface area (TPSA) is 116 Å². The summed E-state index contributed by atoms with van der Waals surface area (Å²) < 4.78 is 39.4. The molecule has 34 heavy (non-hydrogen) atoms. The summed E-state index contributed by atoms with van der Waals surface area (Å²) in [6, 6.07) is 4.91. The van der Waals surface area contributed by atoms with E-state index in [4.69, 9.17) is 9.26 Å². The number of hydrogen-bond donors (Lipinski definition) is 1. The fraction of sp³-hybridized carbons (Fsp3) is 0.565. The molecule has 3 atom stereocenters. The Morgan fingerprint density at radius 1 is 1.26 bits per heavy atom. The molecule has 0 aliphatic carbocycles. The number of aromatic nitrogens is 1. The van der Waals surface area contributed by atoms with Gasteiger partial charge >= 0.3 is 0 Å². The number of likely N-dealkylation sites (N-methyl/N-ethyl adjacent to an activating group) is 1. The molecule has 1 amide bonds. The Morgan fingerprint density at radius 2 is 1.94 bits per heavy atom. The van der Waals surface area contributed by atoms with Crippen molar-refractivity contribution in [3.63, 3.8) is 0 Å². The smallest absolute Gasteiger partial charge is 0.258 e. The fourth-order valence-corrected chi connectivity index (χ4v) is 5.61. The van der Waals surface area contributed by atoms with Crippen molar-refractivity contribution in [1.82, 2.24) is 14.4 Å². The minimum absolute atomic E-state index is 0.0459. The number of para-hydroxylation sites is 1. The number of nitrogens with zero attached hydrogens (tertiary/aromatic N) is 4. The van der Waals surface area contributed by atoms with E-state index in [1.54, 1.807) is 37.8 Å². The van der Waals surface area contributed by atoms with Crippen molar-refractivity contribution < 1.29 is 27.6 Å². The van der Waals surface area contributed by atoms with Crippen LogP contribution in [0.2, 0.25) is 0 Å². The molecule has 2 aromatic rings. The Balaban J connectivity index is 2.05. The summed E-state index contributed by atoms with van der Waals surface area (Å²) in [7, 11) is 1.31. The minimum atomic E-state index is -3.88. The van der Waals surface area contributed by atoms with E-state index in [1.165, 1.54) is 11.4 Å². The lowest BCUT2D eigenvalue weighted by Gasteiger charge is -2.38. The Morgan fingerprint density at radius 3 is 2.50 bits per heavy atom. The average Bonchev–Trinajstić information content (AvgIpc) is 3.13. The third-order valence-corrected chi connectivity index (χ3v) is 8.29. The van der Waals surface area contributed by atoms with E-state index < -0.39 is 22.2 Å². The molecule has 1 aromatic carbocycles. The highest BCUT2D eigenvalue weighted by Crippen LogP contribution is 2.36. The lowest BCUT2D eigenvalue weighted by molar-refractivity contribution is 0.0388. The molecule has 1 aliphatic heterocycles. The van der Waals surface area contributed by atoms with Gasteiger partial charge in [0.25, 0.3) is 5.91 Å². The van der Waals surface area contributed by atoms with Crippen LogP contribution in [0.25, 0.3) is 0 Å². The average molecular weight is 495 g/mol. The molecule has 11 heteroatoms. The van der Waals surface area contributed by atoms with Gasteiger partial charge in [-0.05, 0) is 32.9 Å². The molecule has 188 valence electrons. The van der Waals surface area contributed by atoms with Crippen molar-refractivity contribution in [3.8, 4) is 5.75 Å². The molecule has 0 spiro atoms. The van der Waals surface area contributed by atoms with E-state index in [1.807, 2.05) is 32.0 Å². The third kappa shape index (κ3) is 4.77. The molecule has 0 saturated carbocycles. The van der Waals surface area contributed by atoms with Crippen LogP contribution in [0.5, 0.6) is 5.75 Å². The van der Waals surface area contributed by atoms with Crippen LogP contribution in [-0.4, -0.2) is 86.8 Å². The maximum Gasteiger partial charge on any atom is 0.258 e. The lowest BCUT2D eigenvalue weighted by Crippen LogP contribution is -2.50. The van der Waals surface area contributed by atoms with Crippen LogP contribution >= 0.6 is 0 Å². The van der Waals surface area contributed by atoms with Gasteiger partial charge in [-0.15, -0.1) is 0 Å². The molecule has 2 heterocycles. The number of anilines is 1. The van der Waals surface area contributed by atoms with Crippen molar-refractivity contribution in [3.05, 3.63) is 35.2 Å². The van der Waals surface area contributed by atoms with Crippen molar-refractivity contribution >= 4 is 21.6 Å². The Bertz CT molecular complexity index is 1130. The van der Waals surface area contributed by atoms with Crippen LogP contribution in [0.4, 0.5) is 5.69 Å². The summed E-state index contributed by atoms with van der Waals surface area (Å²) in [5.41, 5.74) is 1.38. The standard InChI is InChI=1S/C23H34N4O6S/c1-14-11-27(15(2)13-28)23(29)18-9-8-10-19(25(5)6)21(18)32-20(14)12-26(7)34(30,31)22-16(3)24-33-17(22)4/h8-10,14-15,20,28H,11-13H2,1-7H3/t14-,15+,20+/m0/s1. The van der Waals surface area contributed by atoms with Gasteiger partial charge in [0, 0.05) is 33.6 Å². The van der Waals surface area contributed by atoms with Gasteiger partial charge in [-0.1, -0.05) is 18.1 Å². The number of aliphatic hydroxyl groups is 1. The monoisotopic (exact) mass is 494 g/mol. The molecular weight excluding hydrogens is 460 g/mol. The molecule has 3 rings (SSSR count). The van der Waals surface area contributed by atoms with E-state index in [9.17, 15) is 18.3 Å². The van der Waals surface area contributed by atoms with Gasteiger partial charge in [0.1, 0.15) is 16.7 Å². The zero-order valence-corrected chi connectivity index (χ0v) is 21.6. The Kier molecular flexibility index (Phi) is 7.59. The number of fused-ring (bicyclic) bond motifs is 1. The van der Waals surface area contributed by atoms with Crippen LogP contribution < -0.4 is 9.64 Å². The predicted molar refractivity (Wildman–Crippen MR) is 128 cm³/mol. The molecule has 0 radical (unpaired) electrons. The zero-order chi connectivity index (χ0) is 25.4. The largest absolute Gasteiger partial charge is 0.486 e. The maximum absolute atomic E-state index is 13.4. The summed E-state index contributed by atoms with van der Waals surface area (Å²) in [4.78, 5) is 16.9. The second-order valence-corrected chi connectivity index (χ2v) is 11.1. The zero-order valence-electron chi connectivity index (χ0n) is 20.8. The van der Waals surface area contributed by atoms with Crippen molar-refractivity contribution in [2.45, 2.75) is 44.7 Å². The number of aliphatic hydroxyl groups excluding tert-OH is 1. The first-order chi connectivity index (χ1) is 15.9. The SMILES string of the molecule is Cc1noc(C)c1S(=O)(=O)N(C)C[C@H]1Oc2c(cccc2N(C)C)C(=O)N([C@H](C)CO)C[C@@H]1C. The van der Waals surface area contributed by atoms with Gasteiger partial charge in [0.15, 0.2) is 11.5 Å². The van der Waals surface area contributed by atoms with Crippen LogP contribution in [0.3, 0.4) is 0 Å². The van der Waals surface area contributed by atoms with Gasteiger partial charge in [-0.2, -0.15) is 4.31 Å². The van der Waals surface area contributed by atoms with Crippen molar-refractivity contribution in [2.24, 2.45) is 5.92 Å². The second kappa shape index (κ2) is 9.93. The van der Waals surface area contributed by atoms with E-state index in [0.717, 1.165) is 0 Å². The predicted octanol–water partition coefficient (Wildman–Crippen LogP) is 1.90. The van der Waals surface area contributed by atoms with E-state index in [2.05, 4.69) is 5.16 Å². The molecule has 1 N–H and O–H groups in total. The summed E-state index contributed by atoms with van der Waals surface area (Å²) in [6.45, 7) is 7.01. The molecule has 10 nitrogen and oxygen atoms in total. The van der Waals surface area contributed by atoms with E-state index in [0.29, 0.717) is 29.2 Å². The minimum Gasteiger partial charge on any atom is -0.486 e. The van der Waals surface area contributed by atoms with Crippen molar-refractivity contribution in [2.75, 3.05) is 45.7 Å². The number of ether oxygens (including phenoxy) is 1. The third-order valence-electron chi connectivity index (χ3n) is 6.23. The number of benzene rings is 1. The number of hydrogen-bond acceptors (Lipinski definition) is 8. The molecule has 0 fully saturated rings. The number of sulfonamides is 1. The molecule has 1 aromatic heterocycles. The second-order valence-electron chi connectivity index (χ2n) is 9.11. The van der Waals surface area contributed by atoms with Gasteiger partial charge in [-0.3, -0.25) is 4.79 Å². The van der Waals surface area contributed by atoms with Gasteiger partial charge in [-0.25, -0.2) is 8.42 Å². The Hall–Kier alpha value is -2.63. The molecule has 1 aliphatic rings. The van der Waals surface area contributed by atoms with Gasteiger partial charge in [0.05, 0.1) is 30.4 Å². The highest BCUT2D eigenvalue weighted by Gasteiger charge is 2.37. The first kappa shape index (κ1) is 26.0. The molecular formula is C23H34N4O6S. The lowest BCUT2D eigenvalue weighted by atomic mass is 9.99. The summed E-state index contributed by atoms with van der Waals surface area (Å²) in [5, 5.41) is 13.6. The Labute approximate surface area is 201 Å². The summed E-state index contributed by atoms with van der Waals surface area (Å²) in [5.74, 6) is 0.156. The van der Waals surface area contributed by atoms with E-state index in [-0.39, 0.29) is 35.6 Å². The summed E-state index contributed by atoms with van der Waals surface area (Å²) >= 11 is 0. The van der Waals surface area contributed by atoms with Crippen molar-refractivity contribution in [1.29, 1.82) is 0 Å². The number of carbonyl (C=O) groups excluding carboxylic acids is 1. The van der Waals surface area contributed by atoms with Crippen LogP contribution in [0, 0.1) is 19.8 Å². The van der Waals surface area contributed by atoms with Gasteiger partial charge in [0.2, 0.25) is 10.0 Å². The maximum atomic E-state index is 13.4. The van der Waals surface area contributed by atoms with Gasteiger partial charge < -0.3 is 24.2 Å². The van der Waals surface area contributed by atoms with Crippen LogP contribution in [0.1, 0.15) is 35.7 Å². The normalized spacial score (nSPS) is 19.9. The molecule has 0 unspecified atom stereocenters. The van der Waals surface area contributed by atoms with Crippen LogP contribution in [-0.2, 0) is 10.0 Å². The molecule has 0 saturated heterocycles. The number of rotatable bonds is 7. The number of carbonyl (C=O) groups is 1. The number of aryl methyl sites for hydroxylation is 2. The first-order valence-corrected chi connectivity index (χ1v) is 12.6. The van der Waals surface area contributed by atoms with Crippen LogP contribution in [0.15, 0.2) is 27.6 Å². The quantitative estimate of drug-likeness (QED) is 0.620. The number of amides is 1. The summed E-state index contributed by atoms with van der Waals surface area (Å²) in [6.07, 6.45) is -0.568. The molecule has 0 bridgehead atoms. The highest BCUT2D eigenvalue weighted by atomic mass is 32.2. The first-order valence-electron chi connectivity index (χ1n) is 11.2.